The van der Waals surface area contributed by atoms with Crippen LogP contribution in [0.2, 0.25) is 0 Å². The fourth-order valence-corrected chi connectivity index (χ4v) is 1.46. The summed E-state index contributed by atoms with van der Waals surface area (Å²) in [6.45, 7) is 2.06. The van der Waals surface area contributed by atoms with Crippen molar-refractivity contribution in [3.8, 4) is 0 Å². The van der Waals surface area contributed by atoms with Gasteiger partial charge in [0.15, 0.2) is 0 Å². The molecule has 0 N–H and O–H groups in total. The van der Waals surface area contributed by atoms with Crippen molar-refractivity contribution in [1.82, 2.24) is 0 Å². The van der Waals surface area contributed by atoms with Crippen LogP contribution in [0.1, 0.15) is 32.6 Å². The van der Waals surface area contributed by atoms with Crippen molar-refractivity contribution in [2.24, 2.45) is 0 Å². The highest BCUT2D eigenvalue weighted by Gasteiger charge is 2.21. The summed E-state index contributed by atoms with van der Waals surface area (Å²) in [5, 5.41) is 0. The number of hydrogen-bond acceptors (Lipinski definition) is 0. The van der Waals surface area contributed by atoms with E-state index in [2.05, 4.69) is 6.92 Å². The summed E-state index contributed by atoms with van der Waals surface area (Å²) in [6, 6.07) is 0. The van der Waals surface area contributed by atoms with Gasteiger partial charge < -0.3 is 0 Å². The quantitative estimate of drug-likeness (QED) is 0.588. The Balaban J connectivity index is 3.42. The molecular weight excluding hydrogens is 190 g/mol. The molecule has 0 spiro atoms. The fourth-order valence-electron chi connectivity index (χ4n) is 0.756. The zero-order chi connectivity index (χ0) is 8.04. The molecule has 0 aromatic heterocycles. The van der Waals surface area contributed by atoms with Crippen molar-refractivity contribution in [3.63, 3.8) is 0 Å². The van der Waals surface area contributed by atoms with Crippen LogP contribution in [0.4, 0.5) is 0 Å². The largest absolute Gasteiger partial charge is 0.121 e. The summed E-state index contributed by atoms with van der Waals surface area (Å²) in [4.78, 5) is 0. The topological polar surface area (TPSA) is 0 Å². The molecule has 1 radical (unpaired) electrons. The summed E-state index contributed by atoms with van der Waals surface area (Å²) < 4.78 is -0.569. The highest BCUT2D eigenvalue weighted by atomic mass is 35.5. The van der Waals surface area contributed by atoms with Crippen molar-refractivity contribution < 1.29 is 0 Å². The predicted molar refractivity (Wildman–Crippen MR) is 48.7 cm³/mol. The first-order valence-electron chi connectivity index (χ1n) is 3.42. The van der Waals surface area contributed by atoms with Crippen LogP contribution in [0.3, 0.4) is 0 Å². The lowest BCUT2D eigenvalue weighted by Gasteiger charge is -2.17. The molecule has 0 aliphatic carbocycles. The van der Waals surface area contributed by atoms with Crippen molar-refractivity contribution in [2.45, 2.75) is 36.9 Å². The average molecular weight is 203 g/mol. The van der Waals surface area contributed by atoms with E-state index in [1.807, 2.05) is 0 Å². The van der Waals surface area contributed by atoms with Crippen LogP contribution in [0, 0.1) is 5.88 Å². The Morgan fingerprint density at radius 2 is 1.90 bits per heavy atom. The van der Waals surface area contributed by atoms with E-state index in [1.165, 1.54) is 0 Å². The molecule has 0 nitrogen and oxygen atoms in total. The van der Waals surface area contributed by atoms with E-state index in [-0.39, 0.29) is 0 Å². The molecule has 10 heavy (non-hydrogen) atoms. The van der Waals surface area contributed by atoms with Crippen LogP contribution in [0.5, 0.6) is 0 Å². The smallest absolute Gasteiger partial charge is 0.118 e. The lowest BCUT2D eigenvalue weighted by Crippen LogP contribution is -2.11. The molecular formula is C7H12Cl3. The van der Waals surface area contributed by atoms with Gasteiger partial charge in [0.25, 0.3) is 0 Å². The Morgan fingerprint density at radius 3 is 2.30 bits per heavy atom. The van der Waals surface area contributed by atoms with Gasteiger partial charge in [-0.25, -0.2) is 0 Å². The fraction of sp³-hybridized carbons (Fsp3) is 0.857. The number of hydrogen-bond donors (Lipinski definition) is 0. The van der Waals surface area contributed by atoms with Gasteiger partial charge in [-0.2, -0.15) is 0 Å². The molecule has 0 aliphatic heterocycles. The van der Waals surface area contributed by atoms with Crippen LogP contribution in [-0.4, -0.2) is 4.33 Å². The molecule has 0 saturated heterocycles. The summed E-state index contributed by atoms with van der Waals surface area (Å²) >= 11 is 17.2. The van der Waals surface area contributed by atoms with Crippen molar-refractivity contribution in [2.75, 3.05) is 0 Å². The van der Waals surface area contributed by atoms with Gasteiger partial charge in [0, 0.05) is 0 Å². The van der Waals surface area contributed by atoms with Gasteiger partial charge in [0.1, 0.15) is 4.33 Å². The maximum Gasteiger partial charge on any atom is 0.118 e. The van der Waals surface area contributed by atoms with Crippen LogP contribution < -0.4 is 0 Å². The number of alkyl halides is 2. The van der Waals surface area contributed by atoms with Gasteiger partial charge in [-0.05, 0) is 19.3 Å². The van der Waals surface area contributed by atoms with Crippen LogP contribution in [0.15, 0.2) is 0 Å². The van der Waals surface area contributed by atoms with E-state index in [9.17, 15) is 0 Å². The Hall–Kier alpha value is 0.870. The molecule has 61 valence electrons. The third-order valence-corrected chi connectivity index (χ3v) is 2.21. The van der Waals surface area contributed by atoms with Crippen LogP contribution >= 0.6 is 34.8 Å². The summed E-state index contributed by atoms with van der Waals surface area (Å²) in [5.41, 5.74) is 0. The van der Waals surface area contributed by atoms with E-state index in [0.29, 0.717) is 0 Å². The second-order valence-corrected chi connectivity index (χ2v) is 4.25. The molecule has 0 bridgehead atoms. The highest BCUT2D eigenvalue weighted by molar-refractivity contribution is 6.48. The number of halogens is 3. The van der Waals surface area contributed by atoms with Gasteiger partial charge in [0.05, 0.1) is 5.88 Å². The summed E-state index contributed by atoms with van der Waals surface area (Å²) in [7, 11) is 0. The van der Waals surface area contributed by atoms with Gasteiger partial charge in [0.2, 0.25) is 0 Å². The first-order valence-corrected chi connectivity index (χ1v) is 4.61. The zero-order valence-electron chi connectivity index (χ0n) is 6.04. The van der Waals surface area contributed by atoms with Gasteiger partial charge >= 0.3 is 0 Å². The SMILES string of the molecule is CCCC(Cl)(Cl)CC[CH]Cl. The van der Waals surface area contributed by atoms with Crippen LogP contribution in [-0.2, 0) is 0 Å². The normalized spacial score (nSPS) is 12.0. The molecule has 0 atom stereocenters. The molecule has 0 aliphatic rings. The minimum Gasteiger partial charge on any atom is -0.121 e. The maximum absolute atomic E-state index is 5.90. The molecule has 0 aromatic rings. The van der Waals surface area contributed by atoms with Crippen molar-refractivity contribution >= 4 is 34.8 Å². The second kappa shape index (κ2) is 5.51. The molecule has 3 heteroatoms. The maximum atomic E-state index is 5.90. The Labute approximate surface area is 77.8 Å². The van der Waals surface area contributed by atoms with Crippen molar-refractivity contribution in [3.05, 3.63) is 5.88 Å². The standard InChI is InChI=1S/C7H12Cl3/c1-2-4-7(9,10)5-3-6-8/h6H,2-5H2,1H3. The van der Waals surface area contributed by atoms with Crippen molar-refractivity contribution in [1.29, 1.82) is 0 Å². The average Bonchev–Trinajstić information content (AvgIpc) is 1.84. The third kappa shape index (κ3) is 5.64. The Kier molecular flexibility index (Phi) is 5.99. The molecule has 0 amide bonds. The Bertz CT molecular complexity index is 80.9. The molecule has 0 fully saturated rings. The van der Waals surface area contributed by atoms with E-state index in [1.54, 1.807) is 5.88 Å². The molecule has 0 unspecified atom stereocenters. The monoisotopic (exact) mass is 201 g/mol. The van der Waals surface area contributed by atoms with E-state index < -0.39 is 4.33 Å². The lowest BCUT2D eigenvalue weighted by molar-refractivity contribution is 0.628. The van der Waals surface area contributed by atoms with Gasteiger partial charge in [-0.1, -0.05) is 13.3 Å². The summed E-state index contributed by atoms with van der Waals surface area (Å²) in [5.74, 6) is 1.56. The first-order chi connectivity index (χ1) is 4.62. The molecule has 0 saturated carbocycles. The Morgan fingerprint density at radius 1 is 1.30 bits per heavy atom. The van der Waals surface area contributed by atoms with Crippen LogP contribution in [0.25, 0.3) is 0 Å². The third-order valence-electron chi connectivity index (χ3n) is 1.23. The molecule has 0 heterocycles. The van der Waals surface area contributed by atoms with E-state index in [0.717, 1.165) is 25.7 Å². The van der Waals surface area contributed by atoms with Gasteiger partial charge in [-0.3, -0.25) is 0 Å². The second-order valence-electron chi connectivity index (χ2n) is 2.30. The first kappa shape index (κ1) is 10.9. The minimum atomic E-state index is -0.569. The van der Waals surface area contributed by atoms with Gasteiger partial charge in [-0.15, -0.1) is 34.8 Å². The summed E-state index contributed by atoms with van der Waals surface area (Å²) in [6.07, 6.45) is 3.36. The predicted octanol–water partition coefficient (Wildman–Crippen LogP) is 4.14. The molecule has 0 rings (SSSR count). The number of rotatable bonds is 5. The van der Waals surface area contributed by atoms with E-state index >= 15 is 0 Å². The minimum absolute atomic E-state index is 0.569. The molecule has 0 aromatic carbocycles. The lowest BCUT2D eigenvalue weighted by atomic mass is 10.1. The highest BCUT2D eigenvalue weighted by Crippen LogP contribution is 2.32. The van der Waals surface area contributed by atoms with E-state index in [4.69, 9.17) is 34.8 Å². The zero-order valence-corrected chi connectivity index (χ0v) is 8.31.